The summed E-state index contributed by atoms with van der Waals surface area (Å²) in [5.41, 5.74) is 1.40. The van der Waals surface area contributed by atoms with Crippen LogP contribution < -0.4 is 9.46 Å². The first-order chi connectivity index (χ1) is 10.2. The van der Waals surface area contributed by atoms with Crippen molar-refractivity contribution in [3.8, 4) is 5.75 Å². The van der Waals surface area contributed by atoms with Crippen LogP contribution >= 0.6 is 0 Å². The minimum Gasteiger partial charge on any atom is -0.496 e. The summed E-state index contributed by atoms with van der Waals surface area (Å²) in [6.07, 6.45) is 0.632. The fraction of sp³-hybridized carbons (Fsp3) is 0.533. The van der Waals surface area contributed by atoms with Crippen molar-refractivity contribution in [3.63, 3.8) is 0 Å². The van der Waals surface area contributed by atoms with E-state index in [-0.39, 0.29) is 16.8 Å². The number of nitrogens with zero attached hydrogens (tertiary/aromatic N) is 1. The van der Waals surface area contributed by atoms with Crippen LogP contribution in [0.25, 0.3) is 0 Å². The fourth-order valence-corrected chi connectivity index (χ4v) is 4.27. The Kier molecular flexibility index (Phi) is 4.77. The standard InChI is InChI=1S/C15H22N2O4S/c1-10-8-15(11(2)7-14(10)21-4)22(19,20)16-13-5-6-17(9-13)12(3)18/h7-8,13,16H,5-6,9H2,1-4H3. The summed E-state index contributed by atoms with van der Waals surface area (Å²) in [5.74, 6) is 0.637. The number of nitrogens with one attached hydrogen (secondary N) is 1. The zero-order valence-electron chi connectivity index (χ0n) is 13.3. The number of hydrogen-bond donors (Lipinski definition) is 1. The van der Waals surface area contributed by atoms with Gasteiger partial charge in [0.1, 0.15) is 5.75 Å². The third kappa shape index (κ3) is 3.41. The highest BCUT2D eigenvalue weighted by Gasteiger charge is 2.29. The van der Waals surface area contributed by atoms with E-state index in [0.717, 1.165) is 5.56 Å². The molecule has 0 aromatic heterocycles. The van der Waals surface area contributed by atoms with Crippen LogP contribution in [-0.2, 0) is 14.8 Å². The normalized spacial score (nSPS) is 18.5. The minimum atomic E-state index is -3.61. The molecule has 0 bridgehead atoms. The molecule has 0 spiro atoms. The third-order valence-corrected chi connectivity index (χ3v) is 5.60. The van der Waals surface area contributed by atoms with E-state index >= 15 is 0 Å². The van der Waals surface area contributed by atoms with E-state index in [0.29, 0.717) is 30.8 Å². The Bertz CT molecular complexity index is 685. The lowest BCUT2D eigenvalue weighted by atomic mass is 10.1. The predicted octanol–water partition coefficient (Wildman–Crippen LogP) is 1.21. The van der Waals surface area contributed by atoms with Crippen molar-refractivity contribution < 1.29 is 17.9 Å². The monoisotopic (exact) mass is 326 g/mol. The maximum absolute atomic E-state index is 12.6. The van der Waals surface area contributed by atoms with Crippen LogP contribution in [0.3, 0.4) is 0 Å². The molecule has 0 radical (unpaired) electrons. The molecule has 22 heavy (non-hydrogen) atoms. The molecule has 1 fully saturated rings. The van der Waals surface area contributed by atoms with Gasteiger partial charge in [0.15, 0.2) is 0 Å². The molecule has 1 atom stereocenters. The maximum atomic E-state index is 12.6. The van der Waals surface area contributed by atoms with Crippen LogP contribution in [0, 0.1) is 13.8 Å². The second kappa shape index (κ2) is 6.26. The van der Waals surface area contributed by atoms with Gasteiger partial charge in [-0.15, -0.1) is 0 Å². The zero-order valence-corrected chi connectivity index (χ0v) is 14.2. The first-order valence-corrected chi connectivity index (χ1v) is 8.66. The number of carbonyl (C=O) groups excluding carboxylic acids is 1. The molecule has 1 aromatic carbocycles. The minimum absolute atomic E-state index is 0.0295. The SMILES string of the molecule is COc1cc(C)c(S(=O)(=O)NC2CCN(C(C)=O)C2)cc1C. The van der Waals surface area contributed by atoms with E-state index in [1.54, 1.807) is 31.1 Å². The molecule has 1 aliphatic heterocycles. The molecule has 1 aromatic rings. The van der Waals surface area contributed by atoms with Gasteiger partial charge in [0.05, 0.1) is 12.0 Å². The smallest absolute Gasteiger partial charge is 0.241 e. The molecular weight excluding hydrogens is 304 g/mol. The number of aryl methyl sites for hydroxylation is 2. The molecule has 122 valence electrons. The summed E-state index contributed by atoms with van der Waals surface area (Å²) in [4.78, 5) is 13.2. The quantitative estimate of drug-likeness (QED) is 0.902. The summed E-state index contributed by atoms with van der Waals surface area (Å²) >= 11 is 0. The second-order valence-electron chi connectivity index (χ2n) is 5.66. The van der Waals surface area contributed by atoms with Gasteiger partial charge in [-0.3, -0.25) is 4.79 Å². The average molecular weight is 326 g/mol. The van der Waals surface area contributed by atoms with Crippen molar-refractivity contribution in [1.29, 1.82) is 0 Å². The van der Waals surface area contributed by atoms with Gasteiger partial charge in [-0.2, -0.15) is 0 Å². The van der Waals surface area contributed by atoms with E-state index in [1.165, 1.54) is 6.92 Å². The average Bonchev–Trinajstić information content (AvgIpc) is 2.88. The highest BCUT2D eigenvalue weighted by Crippen LogP contribution is 2.26. The highest BCUT2D eigenvalue weighted by atomic mass is 32.2. The lowest BCUT2D eigenvalue weighted by Gasteiger charge is -2.17. The fourth-order valence-electron chi connectivity index (χ4n) is 2.70. The number of carbonyl (C=O) groups is 1. The topological polar surface area (TPSA) is 75.7 Å². The predicted molar refractivity (Wildman–Crippen MR) is 83.4 cm³/mol. The van der Waals surface area contributed by atoms with Crippen LogP contribution in [0.1, 0.15) is 24.5 Å². The molecule has 1 amide bonds. The third-order valence-electron chi connectivity index (χ3n) is 3.94. The van der Waals surface area contributed by atoms with E-state index < -0.39 is 10.0 Å². The number of benzene rings is 1. The molecule has 0 aliphatic carbocycles. The Morgan fingerprint density at radius 2 is 2.00 bits per heavy atom. The molecule has 1 unspecified atom stereocenters. The van der Waals surface area contributed by atoms with Crippen LogP contribution in [0.5, 0.6) is 5.75 Å². The summed E-state index contributed by atoms with van der Waals surface area (Å²) < 4.78 is 33.1. The first kappa shape index (κ1) is 16.8. The molecule has 1 aliphatic rings. The molecular formula is C15H22N2O4S. The second-order valence-corrected chi connectivity index (χ2v) is 7.34. The van der Waals surface area contributed by atoms with Gasteiger partial charge >= 0.3 is 0 Å². The molecule has 1 N–H and O–H groups in total. The Labute approximate surface area is 131 Å². The van der Waals surface area contributed by atoms with Crippen molar-refractivity contribution in [2.75, 3.05) is 20.2 Å². The number of hydrogen-bond acceptors (Lipinski definition) is 4. The number of methoxy groups -OCH3 is 1. The maximum Gasteiger partial charge on any atom is 0.241 e. The highest BCUT2D eigenvalue weighted by molar-refractivity contribution is 7.89. The lowest BCUT2D eigenvalue weighted by Crippen LogP contribution is -2.38. The molecule has 2 rings (SSSR count). The lowest BCUT2D eigenvalue weighted by molar-refractivity contribution is -0.127. The van der Waals surface area contributed by atoms with E-state index in [9.17, 15) is 13.2 Å². The zero-order chi connectivity index (χ0) is 16.5. The van der Waals surface area contributed by atoms with Crippen LogP contribution in [0.2, 0.25) is 0 Å². The van der Waals surface area contributed by atoms with Crippen LogP contribution in [0.15, 0.2) is 17.0 Å². The number of likely N-dealkylation sites (tertiary alicyclic amines) is 1. The van der Waals surface area contributed by atoms with Crippen molar-refractivity contribution in [2.45, 2.75) is 38.1 Å². The number of ether oxygens (including phenoxy) is 1. The van der Waals surface area contributed by atoms with Crippen LogP contribution in [-0.4, -0.2) is 45.5 Å². The van der Waals surface area contributed by atoms with E-state index in [4.69, 9.17) is 4.74 Å². The summed E-state index contributed by atoms with van der Waals surface area (Å²) in [6.45, 7) is 6.05. The van der Waals surface area contributed by atoms with Crippen molar-refractivity contribution >= 4 is 15.9 Å². The van der Waals surface area contributed by atoms with Gasteiger partial charge in [-0.05, 0) is 43.5 Å². The van der Waals surface area contributed by atoms with Crippen molar-refractivity contribution in [2.24, 2.45) is 0 Å². The van der Waals surface area contributed by atoms with Gasteiger partial charge in [0.2, 0.25) is 15.9 Å². The molecule has 6 nitrogen and oxygen atoms in total. The van der Waals surface area contributed by atoms with Gasteiger partial charge in [-0.25, -0.2) is 13.1 Å². The van der Waals surface area contributed by atoms with Gasteiger partial charge in [0, 0.05) is 26.1 Å². The first-order valence-electron chi connectivity index (χ1n) is 7.17. The summed E-state index contributed by atoms with van der Waals surface area (Å²) in [6, 6.07) is 3.10. The van der Waals surface area contributed by atoms with Crippen LogP contribution in [0.4, 0.5) is 0 Å². The number of sulfonamides is 1. The van der Waals surface area contributed by atoms with E-state index in [1.807, 2.05) is 6.92 Å². The van der Waals surface area contributed by atoms with Crippen molar-refractivity contribution in [3.05, 3.63) is 23.3 Å². The molecule has 7 heteroatoms. The largest absolute Gasteiger partial charge is 0.496 e. The molecule has 1 saturated heterocycles. The molecule has 0 saturated carbocycles. The van der Waals surface area contributed by atoms with Gasteiger partial charge < -0.3 is 9.64 Å². The van der Waals surface area contributed by atoms with Gasteiger partial charge in [0.25, 0.3) is 0 Å². The Morgan fingerprint density at radius 3 is 2.55 bits per heavy atom. The van der Waals surface area contributed by atoms with Gasteiger partial charge in [-0.1, -0.05) is 0 Å². The van der Waals surface area contributed by atoms with E-state index in [2.05, 4.69) is 4.72 Å². The molecule has 1 heterocycles. The summed E-state index contributed by atoms with van der Waals surface area (Å²) in [5, 5.41) is 0. The Hall–Kier alpha value is -1.60. The number of amides is 1. The number of rotatable bonds is 4. The van der Waals surface area contributed by atoms with Crippen molar-refractivity contribution in [1.82, 2.24) is 9.62 Å². The summed E-state index contributed by atoms with van der Waals surface area (Å²) in [7, 11) is -2.06. The Morgan fingerprint density at radius 1 is 1.32 bits per heavy atom. The Balaban J connectivity index is 2.21.